The third-order valence-electron chi connectivity index (χ3n) is 6.10. The first-order chi connectivity index (χ1) is 16.9. The van der Waals surface area contributed by atoms with Crippen molar-refractivity contribution in [3.63, 3.8) is 0 Å². The number of aliphatic hydroxyl groups excluding tert-OH is 1. The van der Waals surface area contributed by atoms with Crippen molar-refractivity contribution in [3.8, 4) is 28.0 Å². The zero-order chi connectivity index (χ0) is 24.5. The van der Waals surface area contributed by atoms with Crippen LogP contribution in [0.4, 0.5) is 10.1 Å². The fraction of sp³-hybridized carbons (Fsp3) is 0.185. The van der Waals surface area contributed by atoms with Crippen LogP contribution in [0.25, 0.3) is 33.3 Å². The second-order valence-electron chi connectivity index (χ2n) is 8.48. The number of aliphatic hydroxyl groups is 1. The number of ether oxygens (including phenoxy) is 1. The van der Waals surface area contributed by atoms with Crippen molar-refractivity contribution in [2.24, 2.45) is 0 Å². The zero-order valence-corrected chi connectivity index (χ0v) is 19.5. The fourth-order valence-electron chi connectivity index (χ4n) is 4.43. The van der Waals surface area contributed by atoms with E-state index in [4.69, 9.17) is 20.7 Å². The fourth-order valence-corrected chi connectivity index (χ4v) is 4.43. The number of hydrogen-bond acceptors (Lipinski definition) is 5. The predicted octanol–water partition coefficient (Wildman–Crippen LogP) is 4.85. The van der Waals surface area contributed by atoms with Gasteiger partial charge in [-0.2, -0.15) is 5.10 Å². The summed E-state index contributed by atoms with van der Waals surface area (Å²) in [5, 5.41) is 14.7. The third kappa shape index (κ3) is 4.36. The van der Waals surface area contributed by atoms with Gasteiger partial charge < -0.3 is 20.6 Å². The molecule has 0 unspecified atom stereocenters. The topological polar surface area (TPSA) is 102 Å². The van der Waals surface area contributed by atoms with Gasteiger partial charge in [-0.3, -0.25) is 4.68 Å². The number of H-pyrrole nitrogens is 1. The molecule has 5 aromatic rings. The summed E-state index contributed by atoms with van der Waals surface area (Å²) in [4.78, 5) is 7.88. The number of aromatic nitrogens is 4. The average molecular weight is 472 g/mol. The SMILES string of the molecule is Cc1nn(Cc2cccc(F)c2)c(C)c1-c1c[nH]c2ncc(-c3ccc(OCCO)c(N)c3)cc12. The molecule has 0 bridgehead atoms. The summed E-state index contributed by atoms with van der Waals surface area (Å²) in [7, 11) is 0. The van der Waals surface area contributed by atoms with Crippen molar-refractivity contribution in [3.05, 3.63) is 83.7 Å². The molecule has 4 N–H and O–H groups in total. The number of pyridine rings is 1. The molecule has 0 saturated heterocycles. The van der Waals surface area contributed by atoms with E-state index in [1.54, 1.807) is 18.3 Å². The van der Waals surface area contributed by atoms with Gasteiger partial charge in [-0.25, -0.2) is 9.37 Å². The van der Waals surface area contributed by atoms with E-state index in [0.29, 0.717) is 18.0 Å². The Morgan fingerprint density at radius 2 is 1.97 bits per heavy atom. The van der Waals surface area contributed by atoms with Crippen LogP contribution in [0, 0.1) is 19.7 Å². The molecule has 0 radical (unpaired) electrons. The second-order valence-corrected chi connectivity index (χ2v) is 8.48. The maximum atomic E-state index is 13.7. The number of fused-ring (bicyclic) bond motifs is 1. The Morgan fingerprint density at radius 1 is 1.11 bits per heavy atom. The van der Waals surface area contributed by atoms with Crippen LogP contribution in [0.2, 0.25) is 0 Å². The first-order valence-electron chi connectivity index (χ1n) is 11.3. The second kappa shape index (κ2) is 9.23. The van der Waals surface area contributed by atoms with Gasteiger partial charge in [-0.1, -0.05) is 18.2 Å². The van der Waals surface area contributed by atoms with Gasteiger partial charge >= 0.3 is 0 Å². The molecule has 8 heteroatoms. The lowest BCUT2D eigenvalue weighted by Crippen LogP contribution is -2.04. The number of nitrogens with one attached hydrogen (secondary N) is 1. The lowest BCUT2D eigenvalue weighted by molar-refractivity contribution is 0.202. The summed E-state index contributed by atoms with van der Waals surface area (Å²) in [5.41, 5.74) is 14.0. The lowest BCUT2D eigenvalue weighted by Gasteiger charge is -2.10. The van der Waals surface area contributed by atoms with Crippen LogP contribution in [0.5, 0.6) is 5.75 Å². The monoisotopic (exact) mass is 471 g/mol. The number of halogens is 1. The quantitative estimate of drug-likeness (QED) is 0.295. The first kappa shape index (κ1) is 22.6. The number of rotatable bonds is 7. The van der Waals surface area contributed by atoms with Gasteiger partial charge in [0.2, 0.25) is 0 Å². The Kier molecular flexibility index (Phi) is 5.96. The van der Waals surface area contributed by atoms with Crippen LogP contribution in [-0.4, -0.2) is 38.1 Å². The van der Waals surface area contributed by atoms with E-state index in [0.717, 1.165) is 50.2 Å². The minimum absolute atomic E-state index is 0.0737. The van der Waals surface area contributed by atoms with Gasteiger partial charge in [-0.05, 0) is 55.3 Å². The molecule has 0 aliphatic carbocycles. The molecule has 35 heavy (non-hydrogen) atoms. The Morgan fingerprint density at radius 3 is 2.74 bits per heavy atom. The Balaban J connectivity index is 1.52. The van der Waals surface area contributed by atoms with Gasteiger partial charge in [-0.15, -0.1) is 0 Å². The van der Waals surface area contributed by atoms with Gasteiger partial charge in [0, 0.05) is 40.2 Å². The number of aromatic amines is 1. The molecule has 2 aromatic carbocycles. The lowest BCUT2D eigenvalue weighted by atomic mass is 10.0. The standard InChI is InChI=1S/C27H26FN5O2/c1-16-26(17(2)33(32-16)15-18-4-3-5-21(28)10-18)23-14-31-27-22(23)11-20(13-30-27)19-6-7-25(24(29)12-19)35-9-8-34/h3-7,10-14,34H,8-9,15,29H2,1-2H3,(H,30,31). The zero-order valence-electron chi connectivity index (χ0n) is 19.5. The molecule has 3 heterocycles. The molecule has 0 fully saturated rings. The maximum Gasteiger partial charge on any atom is 0.142 e. The predicted molar refractivity (Wildman–Crippen MR) is 135 cm³/mol. The molecule has 7 nitrogen and oxygen atoms in total. The number of nitrogens with zero attached hydrogens (tertiary/aromatic N) is 3. The van der Waals surface area contributed by atoms with Crippen LogP contribution in [-0.2, 0) is 6.54 Å². The molecular formula is C27H26FN5O2. The largest absolute Gasteiger partial charge is 0.489 e. The number of hydrogen-bond donors (Lipinski definition) is 3. The van der Waals surface area contributed by atoms with Crippen molar-refractivity contribution < 1.29 is 14.2 Å². The molecule has 0 spiro atoms. The molecule has 5 rings (SSSR count). The highest BCUT2D eigenvalue weighted by Crippen LogP contribution is 2.36. The number of aryl methyl sites for hydroxylation is 1. The number of nitrogens with two attached hydrogens (primary N) is 1. The van der Waals surface area contributed by atoms with E-state index in [9.17, 15) is 4.39 Å². The van der Waals surface area contributed by atoms with E-state index in [-0.39, 0.29) is 19.0 Å². The minimum atomic E-state index is -0.256. The molecule has 0 saturated carbocycles. The van der Waals surface area contributed by atoms with Crippen molar-refractivity contribution >= 4 is 16.7 Å². The molecule has 178 valence electrons. The van der Waals surface area contributed by atoms with Crippen molar-refractivity contribution in [2.75, 3.05) is 18.9 Å². The summed E-state index contributed by atoms with van der Waals surface area (Å²) in [6.45, 7) is 4.61. The highest BCUT2D eigenvalue weighted by molar-refractivity contribution is 5.97. The van der Waals surface area contributed by atoms with Crippen LogP contribution >= 0.6 is 0 Å². The average Bonchev–Trinajstić information content (AvgIpc) is 3.37. The summed E-state index contributed by atoms with van der Waals surface area (Å²) in [6.07, 6.45) is 3.75. The summed E-state index contributed by atoms with van der Waals surface area (Å²) >= 11 is 0. The van der Waals surface area contributed by atoms with E-state index in [1.165, 1.54) is 12.1 Å². The summed E-state index contributed by atoms with van der Waals surface area (Å²) in [5.74, 6) is 0.282. The van der Waals surface area contributed by atoms with Crippen molar-refractivity contribution in [2.45, 2.75) is 20.4 Å². The smallest absolute Gasteiger partial charge is 0.142 e. The van der Waals surface area contributed by atoms with Crippen molar-refractivity contribution in [1.29, 1.82) is 0 Å². The first-order valence-corrected chi connectivity index (χ1v) is 11.3. The van der Waals surface area contributed by atoms with Gasteiger partial charge in [0.1, 0.15) is 23.8 Å². The molecule has 0 aliphatic rings. The maximum absolute atomic E-state index is 13.7. The van der Waals surface area contributed by atoms with Gasteiger partial charge in [0.25, 0.3) is 0 Å². The van der Waals surface area contributed by atoms with E-state index >= 15 is 0 Å². The highest BCUT2D eigenvalue weighted by atomic mass is 19.1. The van der Waals surface area contributed by atoms with Crippen LogP contribution in [0.15, 0.2) is 60.9 Å². The van der Waals surface area contributed by atoms with Gasteiger partial charge in [0.05, 0.1) is 24.5 Å². The summed E-state index contributed by atoms with van der Waals surface area (Å²) in [6, 6.07) is 14.2. The number of anilines is 1. The molecule has 0 amide bonds. The number of nitrogen functional groups attached to an aromatic ring is 1. The van der Waals surface area contributed by atoms with E-state index < -0.39 is 0 Å². The van der Waals surface area contributed by atoms with E-state index in [1.807, 2.05) is 42.9 Å². The third-order valence-corrected chi connectivity index (χ3v) is 6.10. The van der Waals surface area contributed by atoms with Crippen LogP contribution in [0.3, 0.4) is 0 Å². The minimum Gasteiger partial charge on any atom is -0.489 e. The highest BCUT2D eigenvalue weighted by Gasteiger charge is 2.18. The van der Waals surface area contributed by atoms with Crippen LogP contribution in [0.1, 0.15) is 17.0 Å². The normalized spacial score (nSPS) is 11.3. The van der Waals surface area contributed by atoms with Crippen molar-refractivity contribution in [1.82, 2.24) is 19.7 Å². The molecule has 0 atom stereocenters. The molecule has 3 aromatic heterocycles. The molecule has 0 aliphatic heterocycles. The Labute approximate surface area is 202 Å². The Bertz CT molecular complexity index is 1520. The van der Waals surface area contributed by atoms with Gasteiger partial charge in [0.15, 0.2) is 0 Å². The van der Waals surface area contributed by atoms with E-state index in [2.05, 4.69) is 16.0 Å². The summed E-state index contributed by atoms with van der Waals surface area (Å²) < 4.78 is 21.0. The Hall–Kier alpha value is -4.17. The molecular weight excluding hydrogens is 445 g/mol. The van der Waals surface area contributed by atoms with Crippen LogP contribution < -0.4 is 10.5 Å². The number of benzene rings is 2.